The van der Waals surface area contributed by atoms with Crippen LogP contribution in [0.1, 0.15) is 53.4 Å². The second kappa shape index (κ2) is 5.77. The molecule has 2 saturated heterocycles. The lowest BCUT2D eigenvalue weighted by Gasteiger charge is -2.58. The highest BCUT2D eigenvalue weighted by Gasteiger charge is 2.71. The summed E-state index contributed by atoms with van der Waals surface area (Å²) in [7, 11) is 1.79. The third-order valence-electron chi connectivity index (χ3n) is 8.28. The molecule has 3 fully saturated rings. The summed E-state index contributed by atoms with van der Waals surface area (Å²) in [5.74, 6) is -1.48. The standard InChI is InChI=1S/C21H34O5/c1-11(2)16-15(25-5)9-19(3)6-7-20(4)13(17(16)19)8-14-12(10-22)18(23)21(20,24)26-14/h11-15,18,22-24H,6-10H2,1-5H3/t12-,13+,14+,15+,18+,19-,20+,21+/m0/s1. The van der Waals surface area contributed by atoms with Crippen molar-refractivity contribution in [3.63, 3.8) is 0 Å². The van der Waals surface area contributed by atoms with Gasteiger partial charge in [0.1, 0.15) is 6.10 Å². The lowest BCUT2D eigenvalue weighted by atomic mass is 9.52. The summed E-state index contributed by atoms with van der Waals surface area (Å²) in [4.78, 5) is 0. The van der Waals surface area contributed by atoms with Gasteiger partial charge in [-0.15, -0.1) is 0 Å². The third-order valence-corrected chi connectivity index (χ3v) is 8.28. The van der Waals surface area contributed by atoms with Crippen molar-refractivity contribution >= 4 is 0 Å². The molecule has 8 atom stereocenters. The second-order valence-electron chi connectivity index (χ2n) is 9.86. The summed E-state index contributed by atoms with van der Waals surface area (Å²) in [5, 5.41) is 32.1. The Labute approximate surface area is 156 Å². The summed E-state index contributed by atoms with van der Waals surface area (Å²) in [6.45, 7) is 8.69. The summed E-state index contributed by atoms with van der Waals surface area (Å²) >= 11 is 0. The van der Waals surface area contributed by atoms with Gasteiger partial charge in [-0.05, 0) is 48.5 Å². The topological polar surface area (TPSA) is 79.2 Å². The summed E-state index contributed by atoms with van der Waals surface area (Å²) in [6, 6.07) is 0. The van der Waals surface area contributed by atoms with Crippen molar-refractivity contribution in [2.75, 3.05) is 13.7 Å². The highest BCUT2D eigenvalue weighted by molar-refractivity contribution is 5.40. The van der Waals surface area contributed by atoms with Crippen LogP contribution in [0.5, 0.6) is 0 Å². The molecule has 0 aromatic rings. The molecular formula is C21H34O5. The van der Waals surface area contributed by atoms with E-state index in [4.69, 9.17) is 9.47 Å². The molecule has 0 radical (unpaired) electrons. The fourth-order valence-corrected chi connectivity index (χ4v) is 6.76. The third kappa shape index (κ3) is 2.10. The number of hydrogen-bond acceptors (Lipinski definition) is 5. The van der Waals surface area contributed by atoms with Gasteiger partial charge in [-0.25, -0.2) is 0 Å². The number of methoxy groups -OCH3 is 1. The average molecular weight is 366 g/mol. The zero-order valence-corrected chi connectivity index (χ0v) is 16.7. The largest absolute Gasteiger partial charge is 0.396 e. The van der Waals surface area contributed by atoms with Crippen molar-refractivity contribution in [3.05, 3.63) is 11.1 Å². The van der Waals surface area contributed by atoms with Gasteiger partial charge in [0.05, 0.1) is 18.8 Å². The molecule has 2 aliphatic carbocycles. The van der Waals surface area contributed by atoms with Crippen LogP contribution < -0.4 is 0 Å². The van der Waals surface area contributed by atoms with Crippen LogP contribution in [0, 0.1) is 28.6 Å². The molecule has 26 heavy (non-hydrogen) atoms. The fourth-order valence-electron chi connectivity index (χ4n) is 6.76. The molecule has 5 heteroatoms. The molecule has 0 unspecified atom stereocenters. The molecule has 2 bridgehead atoms. The highest BCUT2D eigenvalue weighted by atomic mass is 16.7. The Morgan fingerprint density at radius 2 is 1.96 bits per heavy atom. The van der Waals surface area contributed by atoms with Crippen molar-refractivity contribution in [2.45, 2.75) is 77.5 Å². The first-order chi connectivity index (χ1) is 12.1. The SMILES string of the molecule is CO[C@@H]1C[C@]2(C)CC[C@]3(C)[C@H](C[C@H]4O[C@]3(O)[C@H](O)[C@H]4CO)C2=C1C(C)C. The van der Waals surface area contributed by atoms with Gasteiger partial charge in [0.2, 0.25) is 0 Å². The highest BCUT2D eigenvalue weighted by Crippen LogP contribution is 2.68. The maximum atomic E-state index is 11.5. The van der Waals surface area contributed by atoms with Gasteiger partial charge in [0.15, 0.2) is 5.79 Å². The van der Waals surface area contributed by atoms with Gasteiger partial charge in [-0.3, -0.25) is 0 Å². The van der Waals surface area contributed by atoms with E-state index in [2.05, 4.69) is 27.7 Å². The van der Waals surface area contributed by atoms with Gasteiger partial charge < -0.3 is 24.8 Å². The maximum absolute atomic E-state index is 11.5. The number of rotatable bonds is 3. The quantitative estimate of drug-likeness (QED) is 0.668. The van der Waals surface area contributed by atoms with Crippen LogP contribution in [-0.2, 0) is 9.47 Å². The Kier molecular flexibility index (Phi) is 4.19. The van der Waals surface area contributed by atoms with E-state index in [0.717, 1.165) is 25.7 Å². The van der Waals surface area contributed by atoms with E-state index in [0.29, 0.717) is 5.92 Å². The van der Waals surface area contributed by atoms with Crippen LogP contribution in [0.4, 0.5) is 0 Å². The van der Waals surface area contributed by atoms with Crippen LogP contribution >= 0.6 is 0 Å². The maximum Gasteiger partial charge on any atom is 0.198 e. The molecule has 0 aromatic carbocycles. The Hall–Kier alpha value is -0.460. The number of allylic oxidation sites excluding steroid dienone is 1. The second-order valence-corrected chi connectivity index (χ2v) is 9.86. The molecule has 0 amide bonds. The molecule has 3 N–H and O–H groups in total. The van der Waals surface area contributed by atoms with E-state index >= 15 is 0 Å². The Morgan fingerprint density at radius 3 is 2.54 bits per heavy atom. The van der Waals surface area contributed by atoms with Gasteiger partial charge in [0, 0.05) is 18.4 Å². The summed E-state index contributed by atoms with van der Waals surface area (Å²) in [6.07, 6.45) is 2.29. The smallest absolute Gasteiger partial charge is 0.198 e. The number of aliphatic hydroxyl groups is 3. The normalized spacial score (nSPS) is 53.2. The molecule has 4 aliphatic rings. The van der Waals surface area contributed by atoms with Crippen LogP contribution in [0.25, 0.3) is 0 Å². The van der Waals surface area contributed by atoms with E-state index in [9.17, 15) is 15.3 Å². The average Bonchev–Trinajstić information content (AvgIpc) is 3.01. The van der Waals surface area contributed by atoms with Crippen molar-refractivity contribution < 1.29 is 24.8 Å². The lowest BCUT2D eigenvalue weighted by Crippen LogP contribution is -2.62. The zero-order valence-electron chi connectivity index (χ0n) is 16.7. The van der Waals surface area contributed by atoms with E-state index in [1.165, 1.54) is 11.1 Å². The minimum Gasteiger partial charge on any atom is -0.396 e. The van der Waals surface area contributed by atoms with Gasteiger partial charge in [-0.1, -0.05) is 33.3 Å². The number of fused-ring (bicyclic) bond motifs is 6. The van der Waals surface area contributed by atoms with Gasteiger partial charge >= 0.3 is 0 Å². The number of ether oxygens (including phenoxy) is 2. The molecule has 2 heterocycles. The monoisotopic (exact) mass is 366 g/mol. The number of aliphatic hydroxyl groups excluding tert-OH is 2. The van der Waals surface area contributed by atoms with E-state index < -0.39 is 23.2 Å². The Bertz CT molecular complexity index is 630. The van der Waals surface area contributed by atoms with E-state index in [1.807, 2.05) is 0 Å². The van der Waals surface area contributed by atoms with Crippen LogP contribution in [0.15, 0.2) is 11.1 Å². The minimum atomic E-state index is -1.59. The van der Waals surface area contributed by atoms with Gasteiger partial charge in [-0.2, -0.15) is 0 Å². The predicted octanol–water partition coefficient (Wildman–Crippen LogP) is 2.24. The first kappa shape index (κ1) is 18.9. The first-order valence-electron chi connectivity index (χ1n) is 10.1. The number of hydrogen-bond donors (Lipinski definition) is 3. The van der Waals surface area contributed by atoms with Crippen molar-refractivity contribution in [1.29, 1.82) is 0 Å². The predicted molar refractivity (Wildman–Crippen MR) is 97.2 cm³/mol. The minimum absolute atomic E-state index is 0.0806. The molecule has 148 valence electrons. The molecule has 0 aromatic heterocycles. The van der Waals surface area contributed by atoms with E-state index in [-0.39, 0.29) is 30.1 Å². The fraction of sp³-hybridized carbons (Fsp3) is 0.905. The van der Waals surface area contributed by atoms with Crippen LogP contribution in [-0.4, -0.2) is 53.1 Å². The van der Waals surface area contributed by atoms with Crippen LogP contribution in [0.2, 0.25) is 0 Å². The molecule has 2 aliphatic heterocycles. The van der Waals surface area contributed by atoms with E-state index in [1.54, 1.807) is 7.11 Å². The first-order valence-corrected chi connectivity index (χ1v) is 10.1. The lowest BCUT2D eigenvalue weighted by molar-refractivity contribution is -0.328. The molecule has 5 nitrogen and oxygen atoms in total. The van der Waals surface area contributed by atoms with Crippen molar-refractivity contribution in [3.8, 4) is 0 Å². The Morgan fingerprint density at radius 1 is 1.27 bits per heavy atom. The van der Waals surface area contributed by atoms with Crippen LogP contribution in [0.3, 0.4) is 0 Å². The van der Waals surface area contributed by atoms with Crippen molar-refractivity contribution in [1.82, 2.24) is 0 Å². The van der Waals surface area contributed by atoms with Crippen molar-refractivity contribution in [2.24, 2.45) is 28.6 Å². The molecular weight excluding hydrogens is 332 g/mol. The summed E-state index contributed by atoms with van der Waals surface area (Å²) in [5.41, 5.74) is 2.35. The molecule has 1 saturated carbocycles. The molecule has 0 spiro atoms. The Balaban J connectivity index is 1.87. The summed E-state index contributed by atoms with van der Waals surface area (Å²) < 4.78 is 11.9. The van der Waals surface area contributed by atoms with Gasteiger partial charge in [0.25, 0.3) is 0 Å². The molecule has 4 rings (SSSR count). The zero-order chi connectivity index (χ0) is 19.1.